The van der Waals surface area contributed by atoms with Crippen LogP contribution in [-0.4, -0.2) is 47.7 Å². The van der Waals surface area contributed by atoms with Crippen molar-refractivity contribution in [3.63, 3.8) is 0 Å². The number of amides is 1. The Morgan fingerprint density at radius 2 is 2.24 bits per heavy atom. The quantitative estimate of drug-likeness (QED) is 0.846. The maximum Gasteiger partial charge on any atom is 0.244 e. The fourth-order valence-corrected chi connectivity index (χ4v) is 4.23. The molecule has 9 heteroatoms. The predicted molar refractivity (Wildman–Crippen MR) is 81.7 cm³/mol. The van der Waals surface area contributed by atoms with E-state index in [4.69, 9.17) is 0 Å². The molecule has 1 unspecified atom stereocenters. The smallest absolute Gasteiger partial charge is 0.244 e. The van der Waals surface area contributed by atoms with E-state index < -0.39 is 16.1 Å². The zero-order valence-electron chi connectivity index (χ0n) is 12.2. The molecule has 1 fully saturated rings. The average molecular weight is 332 g/mol. The molecule has 1 aliphatic heterocycles. The van der Waals surface area contributed by atoms with Crippen LogP contribution in [0.4, 0.5) is 5.13 Å². The summed E-state index contributed by atoms with van der Waals surface area (Å²) < 4.78 is 24.5. The third-order valence-corrected chi connectivity index (χ3v) is 5.56. The normalized spacial score (nSPS) is 19.8. The number of nitrogens with zero attached hydrogens (tertiary/aromatic N) is 3. The molecule has 0 spiro atoms. The van der Waals surface area contributed by atoms with Crippen LogP contribution >= 0.6 is 11.3 Å². The molecule has 2 rings (SSSR count). The summed E-state index contributed by atoms with van der Waals surface area (Å²) in [7, 11) is -3.36. The molecule has 21 heavy (non-hydrogen) atoms. The van der Waals surface area contributed by atoms with Crippen molar-refractivity contribution in [2.45, 2.75) is 45.1 Å². The van der Waals surface area contributed by atoms with Crippen molar-refractivity contribution in [2.75, 3.05) is 18.1 Å². The van der Waals surface area contributed by atoms with Crippen molar-refractivity contribution >= 4 is 32.4 Å². The zero-order valence-corrected chi connectivity index (χ0v) is 13.8. The Morgan fingerprint density at radius 3 is 2.90 bits per heavy atom. The zero-order chi connectivity index (χ0) is 15.5. The van der Waals surface area contributed by atoms with Gasteiger partial charge in [0.1, 0.15) is 11.0 Å². The first-order valence-electron chi connectivity index (χ1n) is 7.02. The second-order valence-corrected chi connectivity index (χ2v) is 8.12. The van der Waals surface area contributed by atoms with Crippen molar-refractivity contribution in [2.24, 2.45) is 0 Å². The molecule has 1 atom stereocenters. The van der Waals surface area contributed by atoms with Crippen LogP contribution in [0.2, 0.25) is 0 Å². The van der Waals surface area contributed by atoms with Crippen LogP contribution in [-0.2, 0) is 21.2 Å². The summed E-state index contributed by atoms with van der Waals surface area (Å²) >= 11 is 1.35. The molecule has 118 valence electrons. The number of hydrogen-bond donors (Lipinski definition) is 1. The largest absolute Gasteiger partial charge is 0.299 e. The minimum Gasteiger partial charge on any atom is -0.299 e. The Morgan fingerprint density at radius 1 is 1.48 bits per heavy atom. The lowest BCUT2D eigenvalue weighted by molar-refractivity contribution is -0.119. The minimum absolute atomic E-state index is 0.323. The number of unbranched alkanes of at least 4 members (excludes halogenated alkanes) is 1. The summed E-state index contributed by atoms with van der Waals surface area (Å²) in [6.45, 7) is 2.50. The highest BCUT2D eigenvalue weighted by Crippen LogP contribution is 2.23. The van der Waals surface area contributed by atoms with Gasteiger partial charge in [-0.25, -0.2) is 8.42 Å². The van der Waals surface area contributed by atoms with Crippen molar-refractivity contribution in [3.05, 3.63) is 5.01 Å². The molecule has 0 aromatic carbocycles. The van der Waals surface area contributed by atoms with Gasteiger partial charge in [0.2, 0.25) is 21.1 Å². The molecule has 1 aliphatic rings. The summed E-state index contributed by atoms with van der Waals surface area (Å²) in [4.78, 5) is 12.2. The van der Waals surface area contributed by atoms with Crippen molar-refractivity contribution < 1.29 is 13.2 Å². The van der Waals surface area contributed by atoms with E-state index in [1.165, 1.54) is 15.6 Å². The van der Waals surface area contributed by atoms with Gasteiger partial charge in [-0.2, -0.15) is 4.31 Å². The maximum absolute atomic E-state index is 12.2. The SMILES string of the molecule is CCCCc1nnc(NC(=O)C2CCCN2S(C)(=O)=O)s1. The van der Waals surface area contributed by atoms with Crippen LogP contribution in [0.25, 0.3) is 0 Å². The van der Waals surface area contributed by atoms with Gasteiger partial charge in [-0.05, 0) is 19.3 Å². The highest BCUT2D eigenvalue weighted by Gasteiger charge is 2.36. The monoisotopic (exact) mass is 332 g/mol. The number of carbonyl (C=O) groups is 1. The first kappa shape index (κ1) is 16.3. The van der Waals surface area contributed by atoms with Crippen molar-refractivity contribution in [3.8, 4) is 0 Å². The van der Waals surface area contributed by atoms with E-state index in [1.54, 1.807) is 0 Å². The Bertz CT molecular complexity index is 599. The van der Waals surface area contributed by atoms with E-state index in [-0.39, 0.29) is 5.91 Å². The number of rotatable bonds is 6. The standard InChI is InChI=1S/C12H20N4O3S2/c1-3-4-7-10-14-15-12(20-10)13-11(17)9-6-5-8-16(9)21(2,18)19/h9H,3-8H2,1-2H3,(H,13,15,17). The molecule has 1 aromatic rings. The summed E-state index contributed by atoms with van der Waals surface area (Å²) in [5, 5.41) is 12.0. The van der Waals surface area contributed by atoms with Gasteiger partial charge in [-0.15, -0.1) is 10.2 Å². The van der Waals surface area contributed by atoms with Crippen molar-refractivity contribution in [1.82, 2.24) is 14.5 Å². The van der Waals surface area contributed by atoms with Gasteiger partial charge in [0, 0.05) is 13.0 Å². The lowest BCUT2D eigenvalue weighted by Crippen LogP contribution is -2.42. The van der Waals surface area contributed by atoms with Crippen molar-refractivity contribution in [1.29, 1.82) is 0 Å². The molecule has 0 saturated carbocycles. The number of aromatic nitrogens is 2. The number of anilines is 1. The van der Waals surface area contributed by atoms with Crippen LogP contribution in [0.3, 0.4) is 0 Å². The molecular formula is C12H20N4O3S2. The first-order valence-corrected chi connectivity index (χ1v) is 9.68. The van der Waals surface area contributed by atoms with E-state index in [0.29, 0.717) is 24.5 Å². The van der Waals surface area contributed by atoms with Gasteiger partial charge in [-0.3, -0.25) is 10.1 Å². The lowest BCUT2D eigenvalue weighted by Gasteiger charge is -2.20. The summed E-state index contributed by atoms with van der Waals surface area (Å²) in [5.41, 5.74) is 0. The number of nitrogens with one attached hydrogen (secondary N) is 1. The average Bonchev–Trinajstić information content (AvgIpc) is 3.04. The van der Waals surface area contributed by atoms with E-state index in [0.717, 1.165) is 30.5 Å². The van der Waals surface area contributed by atoms with Gasteiger partial charge in [0.05, 0.1) is 6.26 Å². The van der Waals surface area contributed by atoms with E-state index >= 15 is 0 Å². The lowest BCUT2D eigenvalue weighted by atomic mass is 10.2. The molecular weight excluding hydrogens is 312 g/mol. The third kappa shape index (κ3) is 4.21. The summed E-state index contributed by atoms with van der Waals surface area (Å²) in [6.07, 6.45) is 5.33. The van der Waals surface area contributed by atoms with E-state index in [9.17, 15) is 13.2 Å². The number of sulfonamides is 1. The van der Waals surface area contributed by atoms with E-state index in [1.807, 2.05) is 0 Å². The van der Waals surface area contributed by atoms with Gasteiger partial charge in [0.15, 0.2) is 0 Å². The Hall–Kier alpha value is -1.06. The highest BCUT2D eigenvalue weighted by atomic mass is 32.2. The van der Waals surface area contributed by atoms with Gasteiger partial charge < -0.3 is 0 Å². The highest BCUT2D eigenvalue weighted by molar-refractivity contribution is 7.88. The molecule has 2 heterocycles. The molecule has 1 aromatic heterocycles. The number of hydrogen-bond acceptors (Lipinski definition) is 6. The van der Waals surface area contributed by atoms with E-state index in [2.05, 4.69) is 22.4 Å². The van der Waals surface area contributed by atoms with Gasteiger partial charge in [-0.1, -0.05) is 24.7 Å². The van der Waals surface area contributed by atoms with Crippen LogP contribution in [0.5, 0.6) is 0 Å². The topological polar surface area (TPSA) is 92.3 Å². The van der Waals surface area contributed by atoms with Gasteiger partial charge in [0.25, 0.3) is 0 Å². The van der Waals surface area contributed by atoms with Crippen LogP contribution in [0.1, 0.15) is 37.6 Å². The van der Waals surface area contributed by atoms with Crippen LogP contribution in [0.15, 0.2) is 0 Å². The van der Waals surface area contributed by atoms with Gasteiger partial charge >= 0.3 is 0 Å². The second kappa shape index (κ2) is 6.80. The molecule has 0 bridgehead atoms. The Kier molecular flexibility index (Phi) is 5.28. The molecule has 0 aliphatic carbocycles. The number of aryl methyl sites for hydroxylation is 1. The fraction of sp³-hybridized carbons (Fsp3) is 0.750. The fourth-order valence-electron chi connectivity index (χ4n) is 2.32. The molecule has 1 saturated heterocycles. The first-order chi connectivity index (χ1) is 9.91. The number of carbonyl (C=O) groups excluding carboxylic acids is 1. The molecule has 0 radical (unpaired) electrons. The van der Waals surface area contributed by atoms with Crippen LogP contribution in [0, 0.1) is 0 Å². The molecule has 1 N–H and O–H groups in total. The third-order valence-electron chi connectivity index (χ3n) is 3.37. The van der Waals surface area contributed by atoms with Crippen LogP contribution < -0.4 is 5.32 Å². The minimum atomic E-state index is -3.36. The predicted octanol–water partition coefficient (Wildman–Crippen LogP) is 1.24. The molecule has 7 nitrogen and oxygen atoms in total. The molecule has 1 amide bonds. The Balaban J connectivity index is 1.99. The summed E-state index contributed by atoms with van der Waals surface area (Å²) in [5.74, 6) is -0.323. The second-order valence-electron chi connectivity index (χ2n) is 5.13. The maximum atomic E-state index is 12.2. The summed E-state index contributed by atoms with van der Waals surface area (Å²) in [6, 6.07) is -0.636. The Labute approximate surface area is 128 Å².